The van der Waals surface area contributed by atoms with Gasteiger partial charge in [0.25, 0.3) is 17.7 Å². The van der Waals surface area contributed by atoms with E-state index in [0.29, 0.717) is 47.0 Å². The van der Waals surface area contributed by atoms with Crippen LogP contribution in [0.2, 0.25) is 5.02 Å². The van der Waals surface area contributed by atoms with Crippen molar-refractivity contribution in [2.45, 2.75) is 64.0 Å². The second kappa shape index (κ2) is 16.1. The summed E-state index contributed by atoms with van der Waals surface area (Å²) in [6, 6.07) is 14.2. The SMILES string of the molecule is [C-]#[N+]c1ccc(N2CC3(CCN(c4ccc(C(=O)N5CCC(CN6CCN(c7ccc8c(c7)C(=O)N(C7CCC(=O)NC7=O)C8=O)CC6)CC5)nn4)CC3)C[C@@H]2C)cc1Cl. The number of nitrogens with one attached hydrogen (secondary N) is 1. The molecule has 7 heterocycles. The van der Waals surface area contributed by atoms with Crippen molar-refractivity contribution in [2.75, 3.05) is 80.1 Å². The molecule has 6 aliphatic rings. The Bertz CT molecular complexity index is 2260. The number of piperazine rings is 1. The summed E-state index contributed by atoms with van der Waals surface area (Å²) >= 11 is 6.38. The Labute approximate surface area is 354 Å². The van der Waals surface area contributed by atoms with E-state index >= 15 is 0 Å². The van der Waals surface area contributed by atoms with E-state index in [1.54, 1.807) is 12.1 Å². The number of anilines is 3. The number of likely N-dealkylation sites (tertiary alicyclic amines) is 1. The second-order valence-corrected chi connectivity index (χ2v) is 17.8. The first-order chi connectivity index (χ1) is 29.0. The molecule has 0 saturated carbocycles. The molecule has 60 heavy (non-hydrogen) atoms. The Hall–Kier alpha value is -5.59. The molecule has 2 aromatic carbocycles. The molecule has 0 aliphatic carbocycles. The third-order valence-corrected chi connectivity index (χ3v) is 14.0. The van der Waals surface area contributed by atoms with Gasteiger partial charge in [0.2, 0.25) is 17.5 Å². The van der Waals surface area contributed by atoms with E-state index in [4.69, 9.17) is 18.2 Å². The smallest absolute Gasteiger partial charge is 0.274 e. The fourth-order valence-electron chi connectivity index (χ4n) is 10.3. The van der Waals surface area contributed by atoms with Crippen LogP contribution in [0.15, 0.2) is 48.5 Å². The van der Waals surface area contributed by atoms with Gasteiger partial charge in [-0.3, -0.25) is 39.1 Å². The molecule has 6 aliphatic heterocycles. The summed E-state index contributed by atoms with van der Waals surface area (Å²) in [6.45, 7) is 17.9. The van der Waals surface area contributed by atoms with Crippen molar-refractivity contribution in [3.63, 3.8) is 0 Å². The van der Waals surface area contributed by atoms with Crippen LogP contribution in [0.25, 0.3) is 4.85 Å². The monoisotopic (exact) mass is 832 g/mol. The zero-order valence-electron chi connectivity index (χ0n) is 33.8. The lowest BCUT2D eigenvalue weighted by molar-refractivity contribution is -0.136. The number of rotatable bonds is 7. The van der Waals surface area contributed by atoms with Crippen LogP contribution in [0.4, 0.5) is 22.9 Å². The fraction of sp³-hybridized carbons (Fsp3) is 0.500. The maximum atomic E-state index is 13.5. The number of imide groups is 2. The normalized spacial score (nSPS) is 23.6. The van der Waals surface area contributed by atoms with Crippen LogP contribution >= 0.6 is 11.6 Å². The summed E-state index contributed by atoms with van der Waals surface area (Å²) in [5, 5.41) is 11.7. The minimum atomic E-state index is -0.980. The topological polar surface area (TPSA) is 147 Å². The molecule has 5 fully saturated rings. The average molecular weight is 833 g/mol. The third kappa shape index (κ3) is 7.55. The van der Waals surface area contributed by atoms with Crippen molar-refractivity contribution in [1.82, 2.24) is 30.2 Å². The molecule has 9 rings (SSSR count). The number of fused-ring (bicyclic) bond motifs is 1. The number of benzene rings is 2. The zero-order chi connectivity index (χ0) is 41.7. The van der Waals surface area contributed by atoms with Gasteiger partial charge in [0.05, 0.1) is 17.7 Å². The Balaban J connectivity index is 0.717. The lowest BCUT2D eigenvalue weighted by Crippen LogP contribution is -2.54. The summed E-state index contributed by atoms with van der Waals surface area (Å²) < 4.78 is 0. The van der Waals surface area contributed by atoms with Crippen LogP contribution in [0.5, 0.6) is 0 Å². The van der Waals surface area contributed by atoms with Gasteiger partial charge in [-0.25, -0.2) is 4.85 Å². The van der Waals surface area contributed by atoms with E-state index in [0.717, 1.165) is 107 Å². The van der Waals surface area contributed by atoms with E-state index in [1.165, 1.54) is 0 Å². The number of carbonyl (C=O) groups excluding carboxylic acids is 5. The molecule has 0 radical (unpaired) electrons. The Morgan fingerprint density at radius 1 is 0.850 bits per heavy atom. The average Bonchev–Trinajstić information content (AvgIpc) is 3.71. The standard InChI is InChI=1S/C44H49ClN10O5/c1-28-25-44(27-54(28)31-4-6-35(46-2)34(45)24-31)13-17-52(18-14-44)38-9-7-36(48-49-38)43(60)53-15-11-29(12-16-53)26-50-19-21-51(22-20-50)30-3-5-32-33(23-30)42(59)55(41(32)58)37-8-10-39(56)47-40(37)57/h3-7,9,23-24,28-29,37H,8,10-22,25-27H2,1H3,(H,47,56,57)/t28-,37?/m0/s1. The number of halogens is 1. The molecule has 0 bridgehead atoms. The molecule has 16 heteroatoms. The Morgan fingerprint density at radius 2 is 1.58 bits per heavy atom. The molecule has 5 saturated heterocycles. The summed E-state index contributed by atoms with van der Waals surface area (Å²) in [5.74, 6) is -0.782. The Morgan fingerprint density at radius 3 is 2.27 bits per heavy atom. The number of aromatic nitrogens is 2. The summed E-state index contributed by atoms with van der Waals surface area (Å²) in [7, 11) is 0. The van der Waals surface area contributed by atoms with E-state index in [9.17, 15) is 24.0 Å². The maximum absolute atomic E-state index is 13.5. The second-order valence-electron chi connectivity index (χ2n) is 17.4. The van der Waals surface area contributed by atoms with Crippen molar-refractivity contribution in [3.05, 3.63) is 81.8 Å². The first-order valence-corrected chi connectivity index (χ1v) is 21.5. The van der Waals surface area contributed by atoms with Gasteiger partial charge >= 0.3 is 0 Å². The molecule has 1 N–H and O–H groups in total. The summed E-state index contributed by atoms with van der Waals surface area (Å²) in [6.07, 6.45) is 5.26. The molecule has 312 valence electrons. The molecule has 2 atom stereocenters. The largest absolute Gasteiger partial charge is 0.369 e. The minimum absolute atomic E-state index is 0.0713. The molecule has 1 aromatic heterocycles. The van der Waals surface area contributed by atoms with Gasteiger partial charge in [0.1, 0.15) is 6.04 Å². The van der Waals surface area contributed by atoms with E-state index < -0.39 is 29.7 Å². The van der Waals surface area contributed by atoms with Gasteiger partial charge in [0.15, 0.2) is 11.5 Å². The van der Waals surface area contributed by atoms with Gasteiger partial charge in [-0.15, -0.1) is 10.2 Å². The number of amides is 5. The van der Waals surface area contributed by atoms with Gasteiger partial charge in [-0.05, 0) is 99.2 Å². The quantitative estimate of drug-likeness (QED) is 0.263. The number of hydrogen-bond donors (Lipinski definition) is 1. The predicted octanol–water partition coefficient (Wildman–Crippen LogP) is 4.64. The molecule has 15 nitrogen and oxygen atoms in total. The van der Waals surface area contributed by atoms with Gasteiger partial charge < -0.3 is 19.6 Å². The third-order valence-electron chi connectivity index (χ3n) is 13.7. The van der Waals surface area contributed by atoms with Crippen molar-refractivity contribution < 1.29 is 24.0 Å². The van der Waals surface area contributed by atoms with Gasteiger partial charge in [0, 0.05) is 94.3 Å². The highest BCUT2D eigenvalue weighted by atomic mass is 35.5. The molecular formula is C44H49ClN10O5. The van der Waals surface area contributed by atoms with Crippen molar-refractivity contribution in [3.8, 4) is 0 Å². The van der Waals surface area contributed by atoms with Crippen molar-refractivity contribution in [2.24, 2.45) is 11.3 Å². The van der Waals surface area contributed by atoms with Crippen LogP contribution in [0.3, 0.4) is 0 Å². The summed E-state index contributed by atoms with van der Waals surface area (Å²) in [5.41, 5.74) is 3.60. The van der Waals surface area contributed by atoms with Crippen LogP contribution in [0.1, 0.15) is 83.1 Å². The van der Waals surface area contributed by atoms with Gasteiger partial charge in [-0.2, -0.15) is 0 Å². The molecule has 5 amide bonds. The van der Waals surface area contributed by atoms with Crippen LogP contribution in [-0.4, -0.2) is 132 Å². The van der Waals surface area contributed by atoms with E-state index in [-0.39, 0.29) is 29.7 Å². The zero-order valence-corrected chi connectivity index (χ0v) is 34.6. The van der Waals surface area contributed by atoms with Gasteiger partial charge in [-0.1, -0.05) is 17.7 Å². The molecular weight excluding hydrogens is 784 g/mol. The maximum Gasteiger partial charge on any atom is 0.274 e. The van der Waals surface area contributed by atoms with E-state index in [2.05, 4.69) is 46.9 Å². The highest BCUT2D eigenvalue weighted by Crippen LogP contribution is 2.46. The highest BCUT2D eigenvalue weighted by molar-refractivity contribution is 6.33. The lowest BCUT2D eigenvalue weighted by atomic mass is 9.77. The molecule has 1 spiro atoms. The summed E-state index contributed by atoms with van der Waals surface area (Å²) in [4.78, 5) is 79.8. The highest BCUT2D eigenvalue weighted by Gasteiger charge is 2.46. The minimum Gasteiger partial charge on any atom is -0.369 e. The van der Waals surface area contributed by atoms with Crippen LogP contribution in [-0.2, 0) is 9.59 Å². The first kappa shape index (κ1) is 39.8. The Kier molecular flexibility index (Phi) is 10.7. The fourth-order valence-corrected chi connectivity index (χ4v) is 10.5. The van der Waals surface area contributed by atoms with Crippen LogP contribution in [0, 0.1) is 17.9 Å². The van der Waals surface area contributed by atoms with Crippen molar-refractivity contribution >= 4 is 64.0 Å². The first-order valence-electron chi connectivity index (χ1n) is 21.1. The molecule has 1 unspecified atom stereocenters. The van der Waals surface area contributed by atoms with Crippen molar-refractivity contribution in [1.29, 1.82) is 0 Å². The number of carbonyl (C=O) groups is 5. The lowest BCUT2D eigenvalue weighted by Gasteiger charge is -2.40. The molecule has 3 aromatic rings. The predicted molar refractivity (Wildman–Crippen MR) is 225 cm³/mol. The van der Waals surface area contributed by atoms with Crippen LogP contribution < -0.4 is 20.0 Å². The number of hydrogen-bond acceptors (Lipinski definition) is 11. The number of nitrogens with zero attached hydrogens (tertiary/aromatic N) is 9. The number of piperidine rings is 3. The van der Waals surface area contributed by atoms with E-state index in [1.807, 2.05) is 41.3 Å².